The first-order valence-corrected chi connectivity index (χ1v) is 3.89. The summed E-state index contributed by atoms with van der Waals surface area (Å²) in [6.07, 6.45) is 0. The number of hydrogen-bond donors (Lipinski definition) is 1. The highest BCUT2D eigenvalue weighted by molar-refractivity contribution is 6.02. The van der Waals surface area contributed by atoms with E-state index in [1.54, 1.807) is 0 Å². The lowest BCUT2D eigenvalue weighted by Crippen LogP contribution is -2.18. The fourth-order valence-electron chi connectivity index (χ4n) is 1.25. The maximum atomic E-state index is 9.08. The first-order chi connectivity index (χ1) is 5.86. The Bertz CT molecular complexity index is 295. The zero-order chi connectivity index (χ0) is 8.39. The molecule has 0 atom stereocenters. The van der Waals surface area contributed by atoms with Gasteiger partial charge in [0.25, 0.3) is 0 Å². The Kier molecular flexibility index (Phi) is 1.89. The Hall–Kier alpha value is -1.19. The second kappa shape index (κ2) is 3.05. The van der Waals surface area contributed by atoms with E-state index < -0.39 is 0 Å². The predicted molar refractivity (Wildman–Crippen MR) is 46.3 cm³/mol. The SMILES string of the molecule is ON1CN=C(c2ccccc2)C1. The summed E-state index contributed by atoms with van der Waals surface area (Å²) in [6.45, 7) is 0.925. The van der Waals surface area contributed by atoms with E-state index in [1.165, 1.54) is 5.06 Å². The van der Waals surface area contributed by atoms with Gasteiger partial charge in [0, 0.05) is 0 Å². The average Bonchev–Trinajstić information content (AvgIpc) is 2.54. The summed E-state index contributed by atoms with van der Waals surface area (Å²) < 4.78 is 0. The van der Waals surface area contributed by atoms with Crippen molar-refractivity contribution in [2.45, 2.75) is 0 Å². The van der Waals surface area contributed by atoms with Crippen LogP contribution >= 0.6 is 0 Å². The van der Waals surface area contributed by atoms with Gasteiger partial charge in [0.15, 0.2) is 0 Å². The van der Waals surface area contributed by atoms with E-state index in [0.29, 0.717) is 13.2 Å². The van der Waals surface area contributed by atoms with Crippen molar-refractivity contribution >= 4 is 5.71 Å². The monoisotopic (exact) mass is 162 g/mol. The van der Waals surface area contributed by atoms with Crippen LogP contribution in [0.4, 0.5) is 0 Å². The van der Waals surface area contributed by atoms with Crippen LogP contribution in [0.1, 0.15) is 5.56 Å². The van der Waals surface area contributed by atoms with Crippen molar-refractivity contribution in [2.75, 3.05) is 13.2 Å². The van der Waals surface area contributed by atoms with Crippen molar-refractivity contribution < 1.29 is 5.21 Å². The summed E-state index contributed by atoms with van der Waals surface area (Å²) in [5.41, 5.74) is 2.05. The highest BCUT2D eigenvalue weighted by atomic mass is 16.5. The molecule has 1 N–H and O–H groups in total. The Morgan fingerprint density at radius 1 is 1.25 bits per heavy atom. The third-order valence-corrected chi connectivity index (χ3v) is 1.86. The molecule has 2 rings (SSSR count). The third-order valence-electron chi connectivity index (χ3n) is 1.86. The first kappa shape index (κ1) is 7.46. The number of hydroxylamine groups is 2. The maximum absolute atomic E-state index is 9.08. The van der Waals surface area contributed by atoms with E-state index in [9.17, 15) is 0 Å². The van der Waals surface area contributed by atoms with E-state index in [4.69, 9.17) is 5.21 Å². The van der Waals surface area contributed by atoms with Crippen LogP contribution in [-0.2, 0) is 0 Å². The predicted octanol–water partition coefficient (Wildman–Crippen LogP) is 1.14. The molecule has 3 nitrogen and oxygen atoms in total. The van der Waals surface area contributed by atoms with Gasteiger partial charge < -0.3 is 5.21 Å². The zero-order valence-corrected chi connectivity index (χ0v) is 6.64. The lowest BCUT2D eigenvalue weighted by Gasteiger charge is -2.02. The van der Waals surface area contributed by atoms with E-state index in [0.717, 1.165) is 11.3 Å². The molecule has 1 aromatic carbocycles. The minimum Gasteiger partial charge on any atom is -0.312 e. The Morgan fingerprint density at radius 3 is 2.58 bits per heavy atom. The summed E-state index contributed by atoms with van der Waals surface area (Å²) >= 11 is 0. The highest BCUT2D eigenvalue weighted by Gasteiger charge is 2.13. The van der Waals surface area contributed by atoms with Crippen LogP contribution in [0.25, 0.3) is 0 Å². The smallest absolute Gasteiger partial charge is 0.115 e. The minimum absolute atomic E-state index is 0.393. The van der Waals surface area contributed by atoms with Gasteiger partial charge in [-0.25, -0.2) is 0 Å². The lowest BCUT2D eigenvalue weighted by molar-refractivity contribution is -0.0655. The van der Waals surface area contributed by atoms with E-state index in [1.807, 2.05) is 30.3 Å². The van der Waals surface area contributed by atoms with Gasteiger partial charge in [-0.3, -0.25) is 4.99 Å². The van der Waals surface area contributed by atoms with E-state index >= 15 is 0 Å². The van der Waals surface area contributed by atoms with Crippen molar-refractivity contribution in [2.24, 2.45) is 4.99 Å². The van der Waals surface area contributed by atoms with Crippen molar-refractivity contribution in [1.82, 2.24) is 5.06 Å². The molecule has 0 aliphatic carbocycles. The van der Waals surface area contributed by atoms with Crippen molar-refractivity contribution in [1.29, 1.82) is 0 Å². The third kappa shape index (κ3) is 1.37. The van der Waals surface area contributed by atoms with Crippen LogP contribution in [0, 0.1) is 0 Å². The maximum Gasteiger partial charge on any atom is 0.115 e. The van der Waals surface area contributed by atoms with Crippen LogP contribution < -0.4 is 0 Å². The molecule has 0 aromatic heterocycles. The van der Waals surface area contributed by atoms with Crippen LogP contribution in [-0.4, -0.2) is 29.2 Å². The van der Waals surface area contributed by atoms with Gasteiger partial charge in [-0.15, -0.1) is 0 Å². The molecular formula is C9H10N2O. The molecule has 3 heteroatoms. The van der Waals surface area contributed by atoms with Crippen LogP contribution in [0.3, 0.4) is 0 Å². The molecule has 1 aliphatic heterocycles. The Labute approximate surface area is 70.9 Å². The number of rotatable bonds is 1. The standard InChI is InChI=1S/C9H10N2O/c12-11-6-9(10-7-11)8-4-2-1-3-5-8/h1-5,12H,6-7H2. The van der Waals surface area contributed by atoms with Gasteiger partial charge in [-0.1, -0.05) is 30.3 Å². The van der Waals surface area contributed by atoms with Gasteiger partial charge in [-0.2, -0.15) is 5.06 Å². The summed E-state index contributed by atoms with van der Waals surface area (Å²) in [7, 11) is 0. The molecule has 1 aliphatic rings. The lowest BCUT2D eigenvalue weighted by atomic mass is 10.1. The van der Waals surface area contributed by atoms with Gasteiger partial charge in [0.1, 0.15) is 6.67 Å². The minimum atomic E-state index is 0.393. The van der Waals surface area contributed by atoms with Gasteiger partial charge in [0.2, 0.25) is 0 Å². The summed E-state index contributed by atoms with van der Waals surface area (Å²) in [6, 6.07) is 9.90. The molecule has 0 saturated carbocycles. The normalized spacial score (nSPS) is 17.9. The number of hydrogen-bond acceptors (Lipinski definition) is 3. The fourth-order valence-corrected chi connectivity index (χ4v) is 1.25. The average molecular weight is 162 g/mol. The molecule has 1 aromatic rings. The second-order valence-corrected chi connectivity index (χ2v) is 2.78. The fraction of sp³-hybridized carbons (Fsp3) is 0.222. The second-order valence-electron chi connectivity index (χ2n) is 2.78. The molecule has 12 heavy (non-hydrogen) atoms. The molecule has 62 valence electrons. The topological polar surface area (TPSA) is 35.8 Å². The van der Waals surface area contributed by atoms with Crippen molar-refractivity contribution in [3.8, 4) is 0 Å². The molecule has 0 amide bonds. The van der Waals surface area contributed by atoms with Crippen LogP contribution in [0.2, 0.25) is 0 Å². The number of benzene rings is 1. The largest absolute Gasteiger partial charge is 0.312 e. The summed E-state index contributed by atoms with van der Waals surface area (Å²) in [4.78, 5) is 4.18. The molecule has 0 radical (unpaired) electrons. The van der Waals surface area contributed by atoms with Gasteiger partial charge in [-0.05, 0) is 5.56 Å². The zero-order valence-electron chi connectivity index (χ0n) is 6.64. The van der Waals surface area contributed by atoms with Crippen LogP contribution in [0.5, 0.6) is 0 Å². The summed E-state index contributed by atoms with van der Waals surface area (Å²) in [5.74, 6) is 0. The first-order valence-electron chi connectivity index (χ1n) is 3.89. The number of aliphatic imine (C=N–C) groups is 1. The van der Waals surface area contributed by atoms with Gasteiger partial charge >= 0.3 is 0 Å². The summed E-state index contributed by atoms with van der Waals surface area (Å²) in [5, 5.41) is 10.3. The Morgan fingerprint density at radius 2 is 2.00 bits per heavy atom. The Balaban J connectivity index is 2.22. The van der Waals surface area contributed by atoms with Crippen molar-refractivity contribution in [3.63, 3.8) is 0 Å². The van der Waals surface area contributed by atoms with E-state index in [2.05, 4.69) is 4.99 Å². The van der Waals surface area contributed by atoms with Gasteiger partial charge in [0.05, 0.1) is 12.3 Å². The number of nitrogens with zero attached hydrogens (tertiary/aromatic N) is 2. The van der Waals surface area contributed by atoms with Crippen LogP contribution in [0.15, 0.2) is 35.3 Å². The molecule has 0 spiro atoms. The highest BCUT2D eigenvalue weighted by Crippen LogP contribution is 2.07. The molecule has 0 fully saturated rings. The van der Waals surface area contributed by atoms with E-state index in [-0.39, 0.29) is 0 Å². The van der Waals surface area contributed by atoms with Crippen molar-refractivity contribution in [3.05, 3.63) is 35.9 Å². The molecule has 0 saturated heterocycles. The molecular weight excluding hydrogens is 152 g/mol. The molecule has 1 heterocycles. The quantitative estimate of drug-likeness (QED) is 0.672. The molecule has 0 bridgehead atoms. The molecule has 0 unspecified atom stereocenters.